The van der Waals surface area contributed by atoms with Crippen LogP contribution in [0.4, 0.5) is 11.5 Å². The normalized spacial score (nSPS) is 14.8. The molecule has 0 unspecified atom stereocenters. The molecule has 186 valence electrons. The fourth-order valence-electron chi connectivity index (χ4n) is 4.17. The lowest BCUT2D eigenvalue weighted by Crippen LogP contribution is -2.39. The number of benzene rings is 1. The van der Waals surface area contributed by atoms with Gasteiger partial charge in [0.15, 0.2) is 0 Å². The molecule has 1 aromatic carbocycles. The zero-order chi connectivity index (χ0) is 24.7. The predicted octanol–water partition coefficient (Wildman–Crippen LogP) is 2.55. The van der Waals surface area contributed by atoms with Crippen LogP contribution in [0.2, 0.25) is 0 Å². The molecule has 3 aromatic heterocycles. The smallest absolute Gasteiger partial charge is 0.259 e. The maximum atomic E-state index is 12.7. The molecule has 0 aliphatic carbocycles. The van der Waals surface area contributed by atoms with E-state index in [0.717, 1.165) is 50.3 Å². The van der Waals surface area contributed by atoms with Gasteiger partial charge >= 0.3 is 0 Å². The van der Waals surface area contributed by atoms with E-state index in [-0.39, 0.29) is 5.56 Å². The third-order valence-corrected chi connectivity index (χ3v) is 6.13. The maximum Gasteiger partial charge on any atom is 0.259 e. The topological polar surface area (TPSA) is 117 Å². The first kappa shape index (κ1) is 23.9. The van der Waals surface area contributed by atoms with Gasteiger partial charge in [0, 0.05) is 38.1 Å². The first-order valence-electron chi connectivity index (χ1n) is 12.0. The Bertz CT molecular complexity index is 1370. The number of aromatic amines is 1. The first-order chi connectivity index (χ1) is 17.7. The molecule has 0 saturated carbocycles. The standard InChI is InChI=1S/C26H29N7O3/c1-35-23-16-28-15-22(31-23)21-14-19-6-8-29-26(34)24(19)25(32-21)30-20-4-2-18(3-5-20)7-10-33-11-9-27-17-36-13-12-33/h2-6,8,14-16,27H,7,9-13,17H2,1H3,(H,29,34)(H,30,32). The number of pyridine rings is 2. The number of anilines is 2. The third kappa shape index (κ3) is 5.68. The minimum absolute atomic E-state index is 0.214. The monoisotopic (exact) mass is 487 g/mol. The summed E-state index contributed by atoms with van der Waals surface area (Å²) >= 11 is 0. The maximum absolute atomic E-state index is 12.7. The van der Waals surface area contributed by atoms with E-state index < -0.39 is 0 Å². The van der Waals surface area contributed by atoms with Crippen molar-refractivity contribution < 1.29 is 9.47 Å². The highest BCUT2D eigenvalue weighted by atomic mass is 16.5. The lowest BCUT2D eigenvalue weighted by molar-refractivity contribution is 0.0717. The van der Waals surface area contributed by atoms with Crippen LogP contribution in [0.3, 0.4) is 0 Å². The Morgan fingerprint density at radius 1 is 1.11 bits per heavy atom. The van der Waals surface area contributed by atoms with Crippen LogP contribution >= 0.6 is 0 Å². The molecule has 0 radical (unpaired) electrons. The van der Waals surface area contributed by atoms with Crippen LogP contribution in [-0.2, 0) is 11.2 Å². The van der Waals surface area contributed by atoms with Crippen molar-refractivity contribution in [2.45, 2.75) is 6.42 Å². The van der Waals surface area contributed by atoms with Crippen molar-refractivity contribution in [2.75, 3.05) is 51.9 Å². The van der Waals surface area contributed by atoms with Crippen molar-refractivity contribution in [3.8, 4) is 17.3 Å². The summed E-state index contributed by atoms with van der Waals surface area (Å²) < 4.78 is 10.7. The van der Waals surface area contributed by atoms with E-state index in [2.05, 4.69) is 42.6 Å². The molecular formula is C26H29N7O3. The molecule has 0 amide bonds. The SMILES string of the molecule is COc1cncc(-c2cc3cc[nH]c(=O)c3c(Nc3ccc(CCN4CCNCOCC4)cc3)n2)n1. The minimum atomic E-state index is -0.214. The molecule has 0 spiro atoms. The zero-order valence-corrected chi connectivity index (χ0v) is 20.2. The van der Waals surface area contributed by atoms with Gasteiger partial charge in [-0.05, 0) is 41.6 Å². The fourth-order valence-corrected chi connectivity index (χ4v) is 4.17. The van der Waals surface area contributed by atoms with Crippen molar-refractivity contribution in [1.82, 2.24) is 30.2 Å². The van der Waals surface area contributed by atoms with Crippen LogP contribution in [0.1, 0.15) is 5.56 Å². The second-order valence-electron chi connectivity index (χ2n) is 8.54. The lowest BCUT2D eigenvalue weighted by Gasteiger charge is -2.25. The Balaban J connectivity index is 1.37. The second kappa shape index (κ2) is 11.3. The van der Waals surface area contributed by atoms with E-state index in [0.29, 0.717) is 35.2 Å². The van der Waals surface area contributed by atoms with Crippen LogP contribution in [0, 0.1) is 0 Å². The Labute approximate surface area is 208 Å². The van der Waals surface area contributed by atoms with Gasteiger partial charge in [-0.1, -0.05) is 12.1 Å². The molecule has 1 fully saturated rings. The van der Waals surface area contributed by atoms with Crippen LogP contribution in [0.5, 0.6) is 5.88 Å². The predicted molar refractivity (Wildman–Crippen MR) is 139 cm³/mol. The Morgan fingerprint density at radius 2 is 2.00 bits per heavy atom. The van der Waals surface area contributed by atoms with Gasteiger partial charge < -0.3 is 19.8 Å². The highest BCUT2D eigenvalue weighted by molar-refractivity contribution is 5.94. The van der Waals surface area contributed by atoms with Gasteiger partial charge in [-0.3, -0.25) is 20.0 Å². The molecule has 1 aliphatic rings. The van der Waals surface area contributed by atoms with E-state index in [1.165, 1.54) is 11.8 Å². The first-order valence-corrected chi connectivity index (χ1v) is 12.0. The quantitative estimate of drug-likeness (QED) is 0.361. The number of fused-ring (bicyclic) bond motifs is 1. The molecular weight excluding hydrogens is 458 g/mol. The summed E-state index contributed by atoms with van der Waals surface area (Å²) in [6, 6.07) is 11.9. The Hall–Kier alpha value is -3.86. The highest BCUT2D eigenvalue weighted by Crippen LogP contribution is 2.27. The number of H-pyrrole nitrogens is 1. The average molecular weight is 488 g/mol. The second-order valence-corrected chi connectivity index (χ2v) is 8.54. The lowest BCUT2D eigenvalue weighted by atomic mass is 10.1. The number of ether oxygens (including phenoxy) is 2. The summed E-state index contributed by atoms with van der Waals surface area (Å²) in [5.74, 6) is 0.847. The molecule has 5 rings (SSSR count). The van der Waals surface area contributed by atoms with Gasteiger partial charge in [-0.15, -0.1) is 0 Å². The summed E-state index contributed by atoms with van der Waals surface area (Å²) in [4.78, 5) is 31.2. The van der Waals surface area contributed by atoms with E-state index >= 15 is 0 Å². The summed E-state index contributed by atoms with van der Waals surface area (Å²) in [6.07, 6.45) is 5.73. The largest absolute Gasteiger partial charge is 0.480 e. The van der Waals surface area contributed by atoms with Crippen LogP contribution in [0.25, 0.3) is 22.2 Å². The average Bonchev–Trinajstić information content (AvgIpc) is 2.89. The summed E-state index contributed by atoms with van der Waals surface area (Å²) in [6.45, 7) is 5.25. The molecule has 10 nitrogen and oxygen atoms in total. The molecule has 4 aromatic rings. The summed E-state index contributed by atoms with van der Waals surface area (Å²) in [5.41, 5.74) is 3.01. The third-order valence-electron chi connectivity index (χ3n) is 6.13. The van der Waals surface area contributed by atoms with Gasteiger partial charge in [0.05, 0.1) is 43.9 Å². The number of hydrogen-bond donors (Lipinski definition) is 3. The summed E-state index contributed by atoms with van der Waals surface area (Å²) in [7, 11) is 1.54. The van der Waals surface area contributed by atoms with Crippen molar-refractivity contribution in [2.24, 2.45) is 0 Å². The van der Waals surface area contributed by atoms with E-state index in [1.807, 2.05) is 24.3 Å². The molecule has 1 saturated heterocycles. The number of nitrogens with one attached hydrogen (secondary N) is 3. The molecule has 0 atom stereocenters. The van der Waals surface area contributed by atoms with E-state index in [4.69, 9.17) is 14.5 Å². The van der Waals surface area contributed by atoms with Crippen molar-refractivity contribution in [1.29, 1.82) is 0 Å². The van der Waals surface area contributed by atoms with Gasteiger partial charge in [0.1, 0.15) is 11.5 Å². The Kier molecular flexibility index (Phi) is 7.46. The number of nitrogens with zero attached hydrogens (tertiary/aromatic N) is 4. The van der Waals surface area contributed by atoms with Crippen molar-refractivity contribution in [3.63, 3.8) is 0 Å². The van der Waals surface area contributed by atoms with Crippen LogP contribution < -0.4 is 20.9 Å². The van der Waals surface area contributed by atoms with Gasteiger partial charge in [-0.2, -0.15) is 0 Å². The fraction of sp³-hybridized carbons (Fsp3) is 0.308. The van der Waals surface area contributed by atoms with Gasteiger partial charge in [-0.25, -0.2) is 9.97 Å². The van der Waals surface area contributed by atoms with Crippen molar-refractivity contribution >= 4 is 22.3 Å². The Morgan fingerprint density at radius 3 is 2.86 bits per heavy atom. The van der Waals surface area contributed by atoms with Crippen molar-refractivity contribution in [3.05, 3.63) is 70.9 Å². The molecule has 4 heterocycles. The molecule has 1 aliphatic heterocycles. The number of methoxy groups -OCH3 is 1. The molecule has 0 bridgehead atoms. The van der Waals surface area contributed by atoms with Crippen LogP contribution in [0.15, 0.2) is 59.8 Å². The molecule has 3 N–H and O–H groups in total. The minimum Gasteiger partial charge on any atom is -0.480 e. The van der Waals surface area contributed by atoms with Gasteiger partial charge in [0.25, 0.3) is 5.56 Å². The molecule has 36 heavy (non-hydrogen) atoms. The number of hydrogen-bond acceptors (Lipinski definition) is 9. The number of rotatable bonds is 7. The molecule has 10 heteroatoms. The summed E-state index contributed by atoms with van der Waals surface area (Å²) in [5, 5.41) is 7.83. The van der Waals surface area contributed by atoms with E-state index in [1.54, 1.807) is 19.5 Å². The zero-order valence-electron chi connectivity index (χ0n) is 20.2. The number of aromatic nitrogens is 4. The highest BCUT2D eigenvalue weighted by Gasteiger charge is 2.13. The van der Waals surface area contributed by atoms with E-state index in [9.17, 15) is 4.79 Å². The van der Waals surface area contributed by atoms with Crippen LogP contribution in [-0.4, -0.2) is 71.5 Å². The van der Waals surface area contributed by atoms with Gasteiger partial charge in [0.2, 0.25) is 5.88 Å².